The molecule has 0 aromatic carbocycles. The lowest BCUT2D eigenvalue weighted by atomic mass is 10.0. The van der Waals surface area contributed by atoms with E-state index < -0.39 is 6.10 Å². The van der Waals surface area contributed by atoms with Crippen LogP contribution in [0.5, 0.6) is 0 Å². The quantitative estimate of drug-likeness (QED) is 0.0261. The monoisotopic (exact) mass is 997 g/mol. The molecular weight excluding hydrogens is 877 g/mol. The topological polar surface area (TPSA) is 78.9 Å². The van der Waals surface area contributed by atoms with Crippen LogP contribution in [-0.2, 0) is 28.6 Å². The maximum absolute atomic E-state index is 12.9. The van der Waals surface area contributed by atoms with Gasteiger partial charge in [-0.15, -0.1) is 0 Å². The fourth-order valence-corrected chi connectivity index (χ4v) is 9.35. The molecule has 0 saturated heterocycles. The van der Waals surface area contributed by atoms with E-state index in [0.717, 1.165) is 77.0 Å². The number of unbranched alkanes of at least 4 members (excludes halogenated alkanes) is 41. The average molecular weight is 998 g/mol. The highest BCUT2D eigenvalue weighted by Crippen LogP contribution is 2.17. The molecule has 0 aromatic heterocycles. The summed E-state index contributed by atoms with van der Waals surface area (Å²) in [4.78, 5) is 38.3. The molecule has 0 unspecified atom stereocenters. The second kappa shape index (κ2) is 60.2. The fraction of sp³-hybridized carbons (Fsp3) is 0.862. The Morgan fingerprint density at radius 3 is 0.817 bits per heavy atom. The molecule has 0 saturated carbocycles. The summed E-state index contributed by atoms with van der Waals surface area (Å²) in [6.07, 6.45) is 72.8. The number of ether oxygens (including phenoxy) is 3. The number of esters is 3. The number of hydrogen-bond acceptors (Lipinski definition) is 6. The van der Waals surface area contributed by atoms with E-state index in [9.17, 15) is 14.4 Å². The number of allylic oxidation sites excluding steroid dienone is 6. The molecule has 0 N–H and O–H groups in total. The van der Waals surface area contributed by atoms with Gasteiger partial charge in [0.05, 0.1) is 0 Å². The van der Waals surface area contributed by atoms with Crippen molar-refractivity contribution in [3.63, 3.8) is 0 Å². The molecule has 0 aliphatic rings. The fourth-order valence-electron chi connectivity index (χ4n) is 9.35. The van der Waals surface area contributed by atoms with Crippen LogP contribution in [0.2, 0.25) is 0 Å². The first kappa shape index (κ1) is 68.6. The SMILES string of the molecule is CCCCC/C=C\C/C=C\CCCCCCCC(=O)OC[C@H](COC(=O)CCCCCCCCCCCCCCCCCCC)OC(=O)CCCCCCCCCCCCC/C=C\CCCCCCCC. The summed E-state index contributed by atoms with van der Waals surface area (Å²) in [7, 11) is 0. The molecule has 0 radical (unpaired) electrons. The molecule has 0 spiro atoms. The van der Waals surface area contributed by atoms with Crippen LogP contribution >= 0.6 is 0 Å². The third-order valence-corrected chi connectivity index (χ3v) is 14.1. The number of carbonyl (C=O) groups excluding carboxylic acids is 3. The van der Waals surface area contributed by atoms with Gasteiger partial charge in [0, 0.05) is 19.3 Å². The molecule has 0 amide bonds. The minimum absolute atomic E-state index is 0.0726. The van der Waals surface area contributed by atoms with Crippen LogP contribution in [0.25, 0.3) is 0 Å². The first-order valence-electron chi connectivity index (χ1n) is 31.5. The molecule has 0 aliphatic carbocycles. The lowest BCUT2D eigenvalue weighted by Gasteiger charge is -2.18. The van der Waals surface area contributed by atoms with Crippen LogP contribution < -0.4 is 0 Å². The molecule has 6 heteroatoms. The molecule has 1 atom stereocenters. The normalized spacial score (nSPS) is 12.2. The summed E-state index contributed by atoms with van der Waals surface area (Å²) < 4.78 is 16.9. The van der Waals surface area contributed by atoms with Gasteiger partial charge in [-0.1, -0.05) is 282 Å². The van der Waals surface area contributed by atoms with Gasteiger partial charge in [-0.2, -0.15) is 0 Å². The van der Waals surface area contributed by atoms with Gasteiger partial charge in [-0.05, 0) is 77.0 Å². The Morgan fingerprint density at radius 1 is 0.282 bits per heavy atom. The number of carbonyl (C=O) groups is 3. The van der Waals surface area contributed by atoms with Gasteiger partial charge >= 0.3 is 17.9 Å². The smallest absolute Gasteiger partial charge is 0.306 e. The predicted octanol–water partition coefficient (Wildman–Crippen LogP) is 21.2. The number of rotatable bonds is 58. The lowest BCUT2D eigenvalue weighted by Crippen LogP contribution is -2.30. The first-order valence-corrected chi connectivity index (χ1v) is 31.5. The summed E-state index contributed by atoms with van der Waals surface area (Å²) in [5, 5.41) is 0. The van der Waals surface area contributed by atoms with E-state index in [1.54, 1.807) is 0 Å². The van der Waals surface area contributed by atoms with Crippen LogP contribution in [0.1, 0.15) is 342 Å². The molecule has 71 heavy (non-hydrogen) atoms. The van der Waals surface area contributed by atoms with E-state index in [4.69, 9.17) is 14.2 Å². The Kier molecular flexibility index (Phi) is 58.2. The van der Waals surface area contributed by atoms with Crippen molar-refractivity contribution in [2.75, 3.05) is 13.2 Å². The van der Waals surface area contributed by atoms with Crippen LogP contribution in [0, 0.1) is 0 Å². The van der Waals surface area contributed by atoms with Gasteiger partial charge in [0.25, 0.3) is 0 Å². The average Bonchev–Trinajstić information content (AvgIpc) is 3.37. The van der Waals surface area contributed by atoms with E-state index in [-0.39, 0.29) is 31.1 Å². The predicted molar refractivity (Wildman–Crippen MR) is 307 cm³/mol. The zero-order valence-corrected chi connectivity index (χ0v) is 47.8. The second-order valence-corrected chi connectivity index (χ2v) is 21.3. The van der Waals surface area contributed by atoms with Crippen LogP contribution in [0.15, 0.2) is 36.5 Å². The van der Waals surface area contributed by atoms with E-state index in [0.29, 0.717) is 19.3 Å². The van der Waals surface area contributed by atoms with E-state index in [2.05, 4.69) is 57.2 Å². The molecular formula is C65H120O6. The van der Waals surface area contributed by atoms with Gasteiger partial charge in [-0.3, -0.25) is 14.4 Å². The molecule has 0 fully saturated rings. The molecule has 416 valence electrons. The lowest BCUT2D eigenvalue weighted by molar-refractivity contribution is -0.167. The zero-order chi connectivity index (χ0) is 51.4. The molecule has 0 bridgehead atoms. The highest BCUT2D eigenvalue weighted by atomic mass is 16.6. The van der Waals surface area contributed by atoms with Crippen LogP contribution in [0.4, 0.5) is 0 Å². The second-order valence-electron chi connectivity index (χ2n) is 21.3. The van der Waals surface area contributed by atoms with Crippen molar-refractivity contribution in [1.82, 2.24) is 0 Å². The molecule has 0 rings (SSSR count). The Labute approximate surface area is 442 Å². The maximum Gasteiger partial charge on any atom is 0.306 e. The van der Waals surface area contributed by atoms with Crippen molar-refractivity contribution in [2.45, 2.75) is 348 Å². The number of hydrogen-bond donors (Lipinski definition) is 0. The summed E-state index contributed by atoms with van der Waals surface area (Å²) in [5.74, 6) is -0.865. The highest BCUT2D eigenvalue weighted by Gasteiger charge is 2.19. The molecule has 6 nitrogen and oxygen atoms in total. The van der Waals surface area contributed by atoms with Crippen LogP contribution in [0.3, 0.4) is 0 Å². The highest BCUT2D eigenvalue weighted by molar-refractivity contribution is 5.71. The van der Waals surface area contributed by atoms with E-state index >= 15 is 0 Å². The van der Waals surface area contributed by atoms with Crippen molar-refractivity contribution in [1.29, 1.82) is 0 Å². The van der Waals surface area contributed by atoms with Crippen molar-refractivity contribution in [3.05, 3.63) is 36.5 Å². The van der Waals surface area contributed by atoms with Gasteiger partial charge in [0.1, 0.15) is 13.2 Å². The van der Waals surface area contributed by atoms with Crippen LogP contribution in [-0.4, -0.2) is 37.2 Å². The molecule has 0 aliphatic heterocycles. The van der Waals surface area contributed by atoms with Gasteiger partial charge in [0.2, 0.25) is 0 Å². The minimum Gasteiger partial charge on any atom is -0.462 e. The van der Waals surface area contributed by atoms with Gasteiger partial charge < -0.3 is 14.2 Å². The van der Waals surface area contributed by atoms with Crippen molar-refractivity contribution in [3.8, 4) is 0 Å². The van der Waals surface area contributed by atoms with Crippen molar-refractivity contribution in [2.24, 2.45) is 0 Å². The van der Waals surface area contributed by atoms with Crippen molar-refractivity contribution >= 4 is 17.9 Å². The minimum atomic E-state index is -0.776. The summed E-state index contributed by atoms with van der Waals surface area (Å²) in [5.41, 5.74) is 0. The van der Waals surface area contributed by atoms with E-state index in [1.807, 2.05) is 0 Å². The third-order valence-electron chi connectivity index (χ3n) is 14.1. The summed E-state index contributed by atoms with van der Waals surface area (Å²) >= 11 is 0. The Morgan fingerprint density at radius 2 is 0.507 bits per heavy atom. The summed E-state index contributed by atoms with van der Waals surface area (Å²) in [6, 6.07) is 0. The van der Waals surface area contributed by atoms with Gasteiger partial charge in [0.15, 0.2) is 6.10 Å². The Hall–Kier alpha value is -2.37. The maximum atomic E-state index is 12.9. The van der Waals surface area contributed by atoms with Crippen molar-refractivity contribution < 1.29 is 28.6 Å². The zero-order valence-electron chi connectivity index (χ0n) is 47.8. The Bertz CT molecular complexity index is 1190. The molecule has 0 heterocycles. The molecule has 0 aromatic rings. The largest absolute Gasteiger partial charge is 0.462 e. The Balaban J connectivity index is 4.33. The van der Waals surface area contributed by atoms with E-state index in [1.165, 1.54) is 225 Å². The van der Waals surface area contributed by atoms with Gasteiger partial charge in [-0.25, -0.2) is 0 Å². The first-order chi connectivity index (χ1) is 35.0. The summed E-state index contributed by atoms with van der Waals surface area (Å²) in [6.45, 7) is 6.66. The standard InChI is InChI=1S/C65H120O6/c1-4-7-10-13-16-19-22-25-28-30-31-32-33-35-38-41-44-47-50-53-56-59-65(68)71-62(60-69-63(66)57-54-51-48-45-42-39-36-27-24-21-18-15-12-9-6-3)61-70-64(67)58-55-52-49-46-43-40-37-34-29-26-23-20-17-14-11-8-5-2/h18,21,25,27-28,36,62H,4-17,19-20,22-24,26,29-35,37-61H2,1-3H3/b21-18-,28-25-,36-27-/t62-/m1/s1. The third kappa shape index (κ3) is 58.4.